The van der Waals surface area contributed by atoms with E-state index in [4.69, 9.17) is 0 Å². The molecule has 1 rings (SSSR count). The minimum Gasteiger partial charge on any atom is -0.210 e. The maximum absolute atomic E-state index is 11.8. The molecule has 0 aliphatic carbocycles. The number of hydrogen-bond donors (Lipinski definition) is 1. The lowest BCUT2D eigenvalue weighted by molar-refractivity contribution is 0.584. The second-order valence-corrected chi connectivity index (χ2v) is 7.25. The molecule has 0 amide bonds. The Labute approximate surface area is 119 Å². The van der Waals surface area contributed by atoms with Crippen molar-refractivity contribution in [3.8, 4) is 0 Å². The minimum absolute atomic E-state index is 0.252. The van der Waals surface area contributed by atoms with Gasteiger partial charge < -0.3 is 0 Å². The monoisotopic (exact) mass is 467 g/mol. The lowest BCUT2D eigenvalue weighted by Gasteiger charge is -2.07. The van der Waals surface area contributed by atoms with Crippen molar-refractivity contribution in [2.45, 2.75) is 4.90 Å². The van der Waals surface area contributed by atoms with Crippen molar-refractivity contribution in [2.24, 2.45) is 0 Å². The number of nitrogens with one attached hydrogen (secondary N) is 1. The van der Waals surface area contributed by atoms with Crippen LogP contribution < -0.4 is 4.72 Å². The van der Waals surface area contributed by atoms with Gasteiger partial charge in [-0.1, -0.05) is 38.5 Å². The summed E-state index contributed by atoms with van der Waals surface area (Å²) in [6, 6.07) is 5.05. The average molecular weight is 469 g/mol. The summed E-state index contributed by atoms with van der Waals surface area (Å²) in [5.74, 6) is 0. The van der Waals surface area contributed by atoms with E-state index < -0.39 is 10.0 Å². The Balaban J connectivity index is 3.09. The Morgan fingerprint density at radius 1 is 1.33 bits per heavy atom. The molecular weight excluding hydrogens is 461 g/mol. The van der Waals surface area contributed by atoms with E-state index in [-0.39, 0.29) is 4.90 Å². The van der Waals surface area contributed by atoms with Gasteiger partial charge in [-0.2, -0.15) is 0 Å². The molecule has 0 aliphatic heterocycles. The second kappa shape index (κ2) is 5.95. The van der Waals surface area contributed by atoms with E-state index in [1.165, 1.54) is 0 Å². The highest BCUT2D eigenvalue weighted by Crippen LogP contribution is 2.25. The zero-order chi connectivity index (χ0) is 11.5. The fourth-order valence-electron chi connectivity index (χ4n) is 0.934. The number of alkyl halides is 1. The molecule has 1 aromatic carbocycles. The number of rotatable bonds is 4. The SMILES string of the molecule is O=S(=O)(NCCI)c1cc(Br)ccc1Br. The molecule has 1 aromatic rings. The third-order valence-electron chi connectivity index (χ3n) is 1.57. The first kappa shape index (κ1) is 13.9. The van der Waals surface area contributed by atoms with Gasteiger partial charge in [0.2, 0.25) is 10.0 Å². The summed E-state index contributed by atoms with van der Waals surface area (Å²) in [6.07, 6.45) is 0. The Hall–Kier alpha value is 0.820. The zero-order valence-corrected chi connectivity index (χ0v) is 13.7. The third kappa shape index (κ3) is 3.95. The maximum Gasteiger partial charge on any atom is 0.241 e. The highest BCUT2D eigenvalue weighted by molar-refractivity contribution is 14.1. The van der Waals surface area contributed by atoms with E-state index >= 15 is 0 Å². The van der Waals surface area contributed by atoms with Crippen LogP contribution >= 0.6 is 54.5 Å². The predicted molar refractivity (Wildman–Crippen MR) is 75.9 cm³/mol. The van der Waals surface area contributed by atoms with Crippen LogP contribution in [0.4, 0.5) is 0 Å². The normalized spacial score (nSPS) is 11.7. The number of hydrogen-bond acceptors (Lipinski definition) is 2. The first-order chi connectivity index (χ1) is 6.97. The summed E-state index contributed by atoms with van der Waals surface area (Å²) in [7, 11) is -3.41. The van der Waals surface area contributed by atoms with Crippen molar-refractivity contribution in [3.63, 3.8) is 0 Å². The number of benzene rings is 1. The molecule has 0 aromatic heterocycles. The highest BCUT2D eigenvalue weighted by atomic mass is 127. The van der Waals surface area contributed by atoms with Crippen molar-refractivity contribution in [3.05, 3.63) is 27.1 Å². The molecule has 0 aliphatic rings. The summed E-state index contributed by atoms with van der Waals surface area (Å²) in [4.78, 5) is 0.252. The van der Waals surface area contributed by atoms with Crippen LogP contribution in [-0.2, 0) is 10.0 Å². The molecule has 0 spiro atoms. The first-order valence-corrected chi connectivity index (χ1v) is 8.57. The lowest BCUT2D eigenvalue weighted by Crippen LogP contribution is -2.25. The summed E-state index contributed by atoms with van der Waals surface area (Å²) < 4.78 is 28.1. The molecule has 0 unspecified atom stereocenters. The summed E-state index contributed by atoms with van der Waals surface area (Å²) >= 11 is 8.57. The van der Waals surface area contributed by atoms with Crippen LogP contribution in [0.15, 0.2) is 32.0 Å². The van der Waals surface area contributed by atoms with Gasteiger partial charge in [-0.3, -0.25) is 0 Å². The Morgan fingerprint density at radius 2 is 2.00 bits per heavy atom. The van der Waals surface area contributed by atoms with Crippen molar-refractivity contribution in [1.29, 1.82) is 0 Å². The summed E-state index contributed by atoms with van der Waals surface area (Å²) in [5.41, 5.74) is 0. The molecule has 15 heavy (non-hydrogen) atoms. The van der Waals surface area contributed by atoms with Crippen molar-refractivity contribution in [1.82, 2.24) is 4.72 Å². The third-order valence-corrected chi connectivity index (χ3v) is 5.06. The first-order valence-electron chi connectivity index (χ1n) is 3.98. The fraction of sp³-hybridized carbons (Fsp3) is 0.250. The maximum atomic E-state index is 11.8. The fourth-order valence-corrected chi connectivity index (χ4v) is 4.10. The van der Waals surface area contributed by atoms with Gasteiger partial charge in [0.25, 0.3) is 0 Å². The smallest absolute Gasteiger partial charge is 0.210 e. The molecule has 3 nitrogen and oxygen atoms in total. The van der Waals surface area contributed by atoms with Gasteiger partial charge >= 0.3 is 0 Å². The Bertz CT molecular complexity index is 450. The van der Waals surface area contributed by atoms with E-state index in [1.807, 2.05) is 0 Å². The summed E-state index contributed by atoms with van der Waals surface area (Å²) in [5, 5.41) is 0. The molecule has 0 radical (unpaired) electrons. The molecule has 1 N–H and O–H groups in total. The molecule has 0 heterocycles. The van der Waals surface area contributed by atoms with Gasteiger partial charge in [-0.15, -0.1) is 0 Å². The molecule has 7 heteroatoms. The van der Waals surface area contributed by atoms with E-state index in [0.717, 1.165) is 8.90 Å². The van der Waals surface area contributed by atoms with Crippen molar-refractivity contribution < 1.29 is 8.42 Å². The molecule has 0 saturated heterocycles. The standard InChI is InChI=1S/C8H8Br2INO2S/c9-6-1-2-7(10)8(5-6)15(13,14)12-4-3-11/h1-2,5,12H,3-4H2. The Morgan fingerprint density at radius 3 is 2.60 bits per heavy atom. The van der Waals surface area contributed by atoms with Gasteiger partial charge in [0.1, 0.15) is 0 Å². The molecular formula is C8H8Br2INO2S. The largest absolute Gasteiger partial charge is 0.241 e. The van der Waals surface area contributed by atoms with Crippen LogP contribution in [0.25, 0.3) is 0 Å². The number of halogens is 3. The zero-order valence-electron chi connectivity index (χ0n) is 7.50. The minimum atomic E-state index is -3.41. The average Bonchev–Trinajstić information content (AvgIpc) is 2.18. The second-order valence-electron chi connectivity index (χ2n) is 2.66. The quantitative estimate of drug-likeness (QED) is 0.545. The van der Waals surface area contributed by atoms with Crippen LogP contribution in [0.1, 0.15) is 0 Å². The topological polar surface area (TPSA) is 46.2 Å². The lowest BCUT2D eigenvalue weighted by atomic mass is 10.4. The summed E-state index contributed by atoms with van der Waals surface area (Å²) in [6.45, 7) is 0.432. The van der Waals surface area contributed by atoms with Gasteiger partial charge in [0.15, 0.2) is 0 Å². The molecule has 0 fully saturated rings. The van der Waals surface area contributed by atoms with Gasteiger partial charge in [0.05, 0.1) is 4.90 Å². The van der Waals surface area contributed by atoms with Gasteiger partial charge in [-0.25, -0.2) is 13.1 Å². The molecule has 0 atom stereocenters. The van der Waals surface area contributed by atoms with Crippen LogP contribution in [0.3, 0.4) is 0 Å². The van der Waals surface area contributed by atoms with E-state index in [1.54, 1.807) is 18.2 Å². The van der Waals surface area contributed by atoms with E-state index in [0.29, 0.717) is 11.0 Å². The number of sulfonamides is 1. The molecule has 84 valence electrons. The molecule has 0 bridgehead atoms. The van der Waals surface area contributed by atoms with E-state index in [9.17, 15) is 8.42 Å². The van der Waals surface area contributed by atoms with Crippen LogP contribution in [0.5, 0.6) is 0 Å². The van der Waals surface area contributed by atoms with Gasteiger partial charge in [-0.05, 0) is 34.1 Å². The van der Waals surface area contributed by atoms with Crippen LogP contribution in [-0.4, -0.2) is 19.4 Å². The van der Waals surface area contributed by atoms with E-state index in [2.05, 4.69) is 59.2 Å². The van der Waals surface area contributed by atoms with Crippen LogP contribution in [0.2, 0.25) is 0 Å². The molecule has 0 saturated carbocycles. The predicted octanol–water partition coefficient (Wildman–Crippen LogP) is 2.92. The van der Waals surface area contributed by atoms with Crippen molar-refractivity contribution >= 4 is 64.5 Å². The van der Waals surface area contributed by atoms with Crippen molar-refractivity contribution in [2.75, 3.05) is 11.0 Å². The highest BCUT2D eigenvalue weighted by Gasteiger charge is 2.16. The van der Waals surface area contributed by atoms with Gasteiger partial charge in [0, 0.05) is 19.9 Å². The van der Waals surface area contributed by atoms with Crippen LogP contribution in [0, 0.1) is 0 Å². The Kier molecular flexibility index (Phi) is 5.50.